The van der Waals surface area contributed by atoms with Crippen LogP contribution < -0.4 is 5.32 Å². The molecule has 0 aliphatic heterocycles. The van der Waals surface area contributed by atoms with Crippen molar-refractivity contribution in [2.75, 3.05) is 26.2 Å². The molecule has 0 spiro atoms. The summed E-state index contributed by atoms with van der Waals surface area (Å²) < 4.78 is 0. The number of amides is 1. The Hall–Kier alpha value is -0.280. The zero-order valence-corrected chi connectivity index (χ0v) is 13.2. The molecule has 0 saturated heterocycles. The van der Waals surface area contributed by atoms with Crippen LogP contribution in [0.4, 0.5) is 0 Å². The van der Waals surface area contributed by atoms with Crippen molar-refractivity contribution < 1.29 is 4.79 Å². The van der Waals surface area contributed by atoms with Crippen molar-refractivity contribution in [3.05, 3.63) is 0 Å². The Morgan fingerprint density at radius 3 is 2.47 bits per heavy atom. The van der Waals surface area contributed by atoms with Gasteiger partial charge in [-0.05, 0) is 57.2 Å². The van der Waals surface area contributed by atoms with Gasteiger partial charge in [0.2, 0.25) is 5.91 Å². The third kappa shape index (κ3) is 4.35. The third-order valence-corrected chi connectivity index (χ3v) is 4.92. The van der Waals surface area contributed by atoms with Crippen LogP contribution in [0.3, 0.4) is 0 Å². The molecule has 1 amide bonds. The van der Waals surface area contributed by atoms with Gasteiger partial charge in [-0.15, -0.1) is 12.4 Å². The van der Waals surface area contributed by atoms with E-state index in [1.807, 2.05) is 0 Å². The van der Waals surface area contributed by atoms with Gasteiger partial charge in [0.15, 0.2) is 0 Å². The molecule has 2 bridgehead atoms. The maximum absolute atomic E-state index is 12.1. The monoisotopic (exact) mass is 288 g/mol. The SMILES string of the molecule is CCN(CC)CCCNC(=O)C1CC2CCC1C2.Cl. The lowest BCUT2D eigenvalue weighted by Gasteiger charge is -2.21. The standard InChI is InChI=1S/C15H28N2O.ClH/c1-3-17(4-2)9-5-8-16-15(18)14-11-12-6-7-13(14)10-12;/h12-14H,3-11H2,1-2H3,(H,16,18);1H. The number of hydrogen-bond donors (Lipinski definition) is 1. The van der Waals surface area contributed by atoms with Gasteiger partial charge in [-0.25, -0.2) is 0 Å². The maximum atomic E-state index is 12.1. The van der Waals surface area contributed by atoms with Crippen LogP contribution in [0.25, 0.3) is 0 Å². The number of hydrogen-bond acceptors (Lipinski definition) is 2. The molecule has 1 N–H and O–H groups in total. The minimum atomic E-state index is 0. The summed E-state index contributed by atoms with van der Waals surface area (Å²) in [7, 11) is 0. The number of nitrogens with zero attached hydrogens (tertiary/aromatic N) is 1. The molecule has 0 aromatic rings. The lowest BCUT2D eigenvalue weighted by atomic mass is 9.88. The molecule has 2 aliphatic carbocycles. The number of carbonyl (C=O) groups is 1. The maximum Gasteiger partial charge on any atom is 0.223 e. The Bertz CT molecular complexity index is 281. The van der Waals surface area contributed by atoms with E-state index >= 15 is 0 Å². The molecule has 3 atom stereocenters. The Balaban J connectivity index is 0.00000180. The van der Waals surface area contributed by atoms with Crippen LogP contribution in [0.1, 0.15) is 46.0 Å². The van der Waals surface area contributed by atoms with E-state index in [2.05, 4.69) is 24.1 Å². The number of halogens is 1. The van der Waals surface area contributed by atoms with Crippen LogP contribution in [-0.4, -0.2) is 37.0 Å². The van der Waals surface area contributed by atoms with E-state index in [4.69, 9.17) is 0 Å². The van der Waals surface area contributed by atoms with Crippen LogP contribution in [0.5, 0.6) is 0 Å². The first kappa shape index (κ1) is 16.8. The zero-order valence-electron chi connectivity index (χ0n) is 12.4. The summed E-state index contributed by atoms with van der Waals surface area (Å²) in [6.45, 7) is 8.55. The number of carbonyl (C=O) groups excluding carboxylic acids is 1. The molecule has 0 aromatic carbocycles. The molecule has 2 aliphatic rings. The highest BCUT2D eigenvalue weighted by atomic mass is 35.5. The number of nitrogens with one attached hydrogen (secondary N) is 1. The normalized spacial score (nSPS) is 28.5. The summed E-state index contributed by atoms with van der Waals surface area (Å²) in [4.78, 5) is 14.5. The van der Waals surface area contributed by atoms with Crippen molar-refractivity contribution >= 4 is 18.3 Å². The van der Waals surface area contributed by atoms with E-state index in [0.29, 0.717) is 17.7 Å². The Morgan fingerprint density at radius 1 is 1.21 bits per heavy atom. The molecular weight excluding hydrogens is 260 g/mol. The van der Waals surface area contributed by atoms with Gasteiger partial charge in [-0.3, -0.25) is 4.79 Å². The number of rotatable bonds is 7. The van der Waals surface area contributed by atoms with Gasteiger partial charge >= 0.3 is 0 Å². The first-order valence-electron chi connectivity index (χ1n) is 7.74. The highest BCUT2D eigenvalue weighted by Gasteiger charge is 2.42. The first-order chi connectivity index (χ1) is 8.74. The van der Waals surface area contributed by atoms with E-state index in [1.165, 1.54) is 19.3 Å². The molecule has 0 aromatic heterocycles. The molecule has 3 unspecified atom stereocenters. The highest BCUT2D eigenvalue weighted by Crippen LogP contribution is 2.48. The van der Waals surface area contributed by atoms with Gasteiger partial charge < -0.3 is 10.2 Å². The van der Waals surface area contributed by atoms with Crippen molar-refractivity contribution in [3.63, 3.8) is 0 Å². The molecule has 0 radical (unpaired) electrons. The van der Waals surface area contributed by atoms with Crippen LogP contribution in [-0.2, 0) is 4.79 Å². The molecule has 19 heavy (non-hydrogen) atoms. The minimum absolute atomic E-state index is 0. The predicted octanol–water partition coefficient (Wildman–Crippen LogP) is 2.69. The Labute approximate surface area is 123 Å². The second-order valence-corrected chi connectivity index (χ2v) is 5.95. The van der Waals surface area contributed by atoms with E-state index in [1.54, 1.807) is 0 Å². The summed E-state index contributed by atoms with van der Waals surface area (Å²) in [6.07, 6.45) is 6.22. The zero-order chi connectivity index (χ0) is 13.0. The van der Waals surface area contributed by atoms with Crippen LogP contribution in [0.15, 0.2) is 0 Å². The average molecular weight is 289 g/mol. The van der Waals surface area contributed by atoms with Gasteiger partial charge in [0, 0.05) is 12.5 Å². The van der Waals surface area contributed by atoms with Crippen molar-refractivity contribution in [3.8, 4) is 0 Å². The molecule has 3 nitrogen and oxygen atoms in total. The van der Waals surface area contributed by atoms with Crippen molar-refractivity contribution in [1.82, 2.24) is 10.2 Å². The smallest absolute Gasteiger partial charge is 0.223 e. The van der Waals surface area contributed by atoms with Crippen molar-refractivity contribution in [2.45, 2.75) is 46.0 Å². The lowest BCUT2D eigenvalue weighted by molar-refractivity contribution is -0.126. The summed E-state index contributed by atoms with van der Waals surface area (Å²) in [5, 5.41) is 3.15. The highest BCUT2D eigenvalue weighted by molar-refractivity contribution is 5.85. The van der Waals surface area contributed by atoms with Crippen LogP contribution in [0.2, 0.25) is 0 Å². The fourth-order valence-corrected chi connectivity index (χ4v) is 3.75. The third-order valence-electron chi connectivity index (χ3n) is 4.92. The van der Waals surface area contributed by atoms with Crippen LogP contribution >= 0.6 is 12.4 Å². The fourth-order valence-electron chi connectivity index (χ4n) is 3.75. The molecule has 4 heteroatoms. The van der Waals surface area contributed by atoms with E-state index in [0.717, 1.165) is 44.9 Å². The predicted molar refractivity (Wildman–Crippen MR) is 81.6 cm³/mol. The molecular formula is C15H29ClN2O. The molecule has 2 saturated carbocycles. The van der Waals surface area contributed by atoms with Gasteiger partial charge in [0.1, 0.15) is 0 Å². The molecule has 112 valence electrons. The van der Waals surface area contributed by atoms with Gasteiger partial charge in [-0.2, -0.15) is 0 Å². The van der Waals surface area contributed by atoms with E-state index in [-0.39, 0.29) is 12.4 Å². The summed E-state index contributed by atoms with van der Waals surface area (Å²) in [5.41, 5.74) is 0. The van der Waals surface area contributed by atoms with Crippen molar-refractivity contribution in [1.29, 1.82) is 0 Å². The van der Waals surface area contributed by atoms with Crippen molar-refractivity contribution in [2.24, 2.45) is 17.8 Å². The Kier molecular flexibility index (Phi) is 7.16. The summed E-state index contributed by atoms with van der Waals surface area (Å²) in [6, 6.07) is 0. The Morgan fingerprint density at radius 2 is 1.95 bits per heavy atom. The largest absolute Gasteiger partial charge is 0.356 e. The fraction of sp³-hybridized carbons (Fsp3) is 0.933. The molecule has 2 fully saturated rings. The quantitative estimate of drug-likeness (QED) is 0.731. The minimum Gasteiger partial charge on any atom is -0.356 e. The van der Waals surface area contributed by atoms with Gasteiger partial charge in [-0.1, -0.05) is 20.3 Å². The number of fused-ring (bicyclic) bond motifs is 2. The average Bonchev–Trinajstić information content (AvgIpc) is 3.01. The lowest BCUT2D eigenvalue weighted by Crippen LogP contribution is -2.35. The van der Waals surface area contributed by atoms with Gasteiger partial charge in [0.05, 0.1) is 0 Å². The van der Waals surface area contributed by atoms with E-state index in [9.17, 15) is 4.79 Å². The second-order valence-electron chi connectivity index (χ2n) is 5.95. The first-order valence-corrected chi connectivity index (χ1v) is 7.74. The molecule has 2 rings (SSSR count). The van der Waals surface area contributed by atoms with E-state index < -0.39 is 0 Å². The molecule has 0 heterocycles. The summed E-state index contributed by atoms with van der Waals surface area (Å²) >= 11 is 0. The topological polar surface area (TPSA) is 32.3 Å². The van der Waals surface area contributed by atoms with Gasteiger partial charge in [0.25, 0.3) is 0 Å². The second kappa shape index (κ2) is 8.11. The summed E-state index contributed by atoms with van der Waals surface area (Å²) in [5.74, 6) is 2.25. The van der Waals surface area contributed by atoms with Crippen LogP contribution in [0, 0.1) is 17.8 Å².